The van der Waals surface area contributed by atoms with E-state index in [-0.39, 0.29) is 11.9 Å². The largest absolute Gasteiger partial charge is 0.497 e. The van der Waals surface area contributed by atoms with Crippen LogP contribution in [0.25, 0.3) is 0 Å². The van der Waals surface area contributed by atoms with Crippen LogP contribution in [0.1, 0.15) is 18.0 Å². The van der Waals surface area contributed by atoms with E-state index in [1.54, 1.807) is 19.2 Å². The fourth-order valence-corrected chi connectivity index (χ4v) is 2.94. The number of nitrogens with zero attached hydrogens (tertiary/aromatic N) is 1. The Hall–Kier alpha value is -2.72. The van der Waals surface area contributed by atoms with E-state index < -0.39 is 0 Å². The topological polar surface area (TPSA) is 43.3 Å². The molecule has 3 rings (SSSR count). The zero-order valence-electron chi connectivity index (χ0n) is 13.9. The van der Waals surface area contributed by atoms with Gasteiger partial charge in [0.15, 0.2) is 0 Å². The quantitative estimate of drug-likeness (QED) is 0.693. The van der Waals surface area contributed by atoms with Gasteiger partial charge >= 0.3 is 0 Å². The van der Waals surface area contributed by atoms with Crippen molar-refractivity contribution in [2.24, 2.45) is 0 Å². The Morgan fingerprint density at radius 3 is 2.60 bits per heavy atom. The lowest BCUT2D eigenvalue weighted by molar-refractivity contribution is -0.116. The van der Waals surface area contributed by atoms with E-state index in [2.05, 4.69) is 5.32 Å². The predicted molar refractivity (Wildman–Crippen MR) is 100 cm³/mol. The molecule has 0 bridgehead atoms. The number of anilines is 1. The first kappa shape index (κ1) is 17.1. The lowest BCUT2D eigenvalue weighted by Gasteiger charge is -2.20. The molecular formula is C20H19ClN2O2. The average molecular weight is 355 g/mol. The Morgan fingerprint density at radius 2 is 1.88 bits per heavy atom. The van der Waals surface area contributed by atoms with Crippen LogP contribution in [-0.2, 0) is 4.79 Å². The summed E-state index contributed by atoms with van der Waals surface area (Å²) in [5, 5.41) is 3.50. The normalized spacial score (nSPS) is 11.8. The molecule has 1 aromatic heterocycles. The molecule has 1 amide bonds. The van der Waals surface area contributed by atoms with E-state index in [0.717, 1.165) is 11.3 Å². The first-order valence-corrected chi connectivity index (χ1v) is 8.35. The molecule has 0 spiro atoms. The molecule has 0 saturated heterocycles. The van der Waals surface area contributed by atoms with E-state index in [1.807, 2.05) is 65.5 Å². The van der Waals surface area contributed by atoms with Gasteiger partial charge < -0.3 is 14.6 Å². The van der Waals surface area contributed by atoms with Crippen molar-refractivity contribution in [2.45, 2.75) is 12.5 Å². The second kappa shape index (κ2) is 7.90. The molecule has 128 valence electrons. The first-order chi connectivity index (χ1) is 12.2. The SMILES string of the molecule is COc1cccc([C@H](CC(=O)Nc2cccc(Cl)c2)n2cccc2)c1. The highest BCUT2D eigenvalue weighted by Crippen LogP contribution is 2.26. The number of hydrogen-bond donors (Lipinski definition) is 1. The summed E-state index contributed by atoms with van der Waals surface area (Å²) in [6.07, 6.45) is 4.21. The highest BCUT2D eigenvalue weighted by molar-refractivity contribution is 6.30. The highest BCUT2D eigenvalue weighted by atomic mass is 35.5. The summed E-state index contributed by atoms with van der Waals surface area (Å²) in [7, 11) is 1.63. The number of halogens is 1. The van der Waals surface area contributed by atoms with Gasteiger partial charge in [-0.25, -0.2) is 0 Å². The Kier molecular flexibility index (Phi) is 5.41. The monoisotopic (exact) mass is 354 g/mol. The Morgan fingerprint density at radius 1 is 1.12 bits per heavy atom. The number of hydrogen-bond acceptors (Lipinski definition) is 2. The maximum Gasteiger partial charge on any atom is 0.226 e. The molecule has 25 heavy (non-hydrogen) atoms. The van der Waals surface area contributed by atoms with Crippen LogP contribution < -0.4 is 10.1 Å². The molecule has 1 atom stereocenters. The van der Waals surface area contributed by atoms with E-state index in [1.165, 1.54) is 0 Å². The van der Waals surface area contributed by atoms with Crippen molar-refractivity contribution in [1.29, 1.82) is 0 Å². The van der Waals surface area contributed by atoms with Gasteiger partial charge in [0.05, 0.1) is 19.6 Å². The van der Waals surface area contributed by atoms with Gasteiger partial charge in [0.25, 0.3) is 0 Å². The lowest BCUT2D eigenvalue weighted by atomic mass is 10.0. The fraction of sp³-hybridized carbons (Fsp3) is 0.150. The van der Waals surface area contributed by atoms with Crippen molar-refractivity contribution in [2.75, 3.05) is 12.4 Å². The zero-order valence-corrected chi connectivity index (χ0v) is 14.6. The van der Waals surface area contributed by atoms with Crippen molar-refractivity contribution >= 4 is 23.2 Å². The number of nitrogens with one attached hydrogen (secondary N) is 1. The average Bonchev–Trinajstić information content (AvgIpc) is 3.14. The lowest BCUT2D eigenvalue weighted by Crippen LogP contribution is -2.19. The van der Waals surface area contributed by atoms with Gasteiger partial charge in [-0.3, -0.25) is 4.79 Å². The number of rotatable bonds is 6. The molecule has 0 aliphatic heterocycles. The summed E-state index contributed by atoms with van der Waals surface area (Å²) in [5.74, 6) is 0.689. The number of ether oxygens (including phenoxy) is 1. The van der Waals surface area contributed by atoms with Crippen LogP contribution in [0.2, 0.25) is 5.02 Å². The molecule has 1 N–H and O–H groups in total. The van der Waals surface area contributed by atoms with Gasteiger partial charge in [-0.05, 0) is 48.0 Å². The third-order valence-electron chi connectivity index (χ3n) is 3.95. The van der Waals surface area contributed by atoms with E-state index in [4.69, 9.17) is 16.3 Å². The maximum absolute atomic E-state index is 12.6. The summed E-state index contributed by atoms with van der Waals surface area (Å²) in [6, 6.07) is 18.7. The van der Waals surface area contributed by atoms with Crippen molar-refractivity contribution in [3.8, 4) is 5.75 Å². The molecule has 1 heterocycles. The third kappa shape index (κ3) is 4.43. The number of benzene rings is 2. The Bertz CT molecular complexity index is 846. The smallest absolute Gasteiger partial charge is 0.226 e. The molecule has 2 aromatic carbocycles. The minimum absolute atomic E-state index is 0.0798. The Balaban J connectivity index is 1.81. The van der Waals surface area contributed by atoms with Gasteiger partial charge in [0, 0.05) is 23.1 Å². The summed E-state index contributed by atoms with van der Waals surface area (Å²) in [5.41, 5.74) is 1.70. The van der Waals surface area contributed by atoms with E-state index >= 15 is 0 Å². The molecule has 0 aliphatic carbocycles. The van der Waals surface area contributed by atoms with Crippen LogP contribution in [0.3, 0.4) is 0 Å². The van der Waals surface area contributed by atoms with Crippen molar-refractivity contribution in [3.63, 3.8) is 0 Å². The van der Waals surface area contributed by atoms with Gasteiger partial charge in [-0.1, -0.05) is 29.8 Å². The minimum Gasteiger partial charge on any atom is -0.497 e. The van der Waals surface area contributed by atoms with Gasteiger partial charge in [0.2, 0.25) is 5.91 Å². The number of carbonyl (C=O) groups is 1. The molecule has 3 aromatic rings. The second-order valence-corrected chi connectivity index (χ2v) is 6.12. The van der Waals surface area contributed by atoms with Crippen LogP contribution in [0.15, 0.2) is 73.1 Å². The third-order valence-corrected chi connectivity index (χ3v) is 4.19. The highest BCUT2D eigenvalue weighted by Gasteiger charge is 2.18. The standard InChI is InChI=1S/C20H19ClN2O2/c1-25-18-9-4-6-15(12-18)19(23-10-2-3-11-23)14-20(24)22-17-8-5-7-16(21)13-17/h2-13,19H,14H2,1H3,(H,22,24)/t19-/m0/s1. The summed E-state index contributed by atoms with van der Waals surface area (Å²) in [4.78, 5) is 12.6. The van der Waals surface area contributed by atoms with Gasteiger partial charge in [0.1, 0.15) is 5.75 Å². The molecule has 0 radical (unpaired) electrons. The van der Waals surface area contributed by atoms with Crippen molar-refractivity contribution in [3.05, 3.63) is 83.6 Å². The zero-order chi connectivity index (χ0) is 17.6. The van der Waals surface area contributed by atoms with E-state index in [9.17, 15) is 4.79 Å². The molecule has 0 saturated carbocycles. The second-order valence-electron chi connectivity index (χ2n) is 5.69. The summed E-state index contributed by atoms with van der Waals surface area (Å²) < 4.78 is 7.33. The molecular weight excluding hydrogens is 336 g/mol. The molecule has 4 nitrogen and oxygen atoms in total. The predicted octanol–water partition coefficient (Wildman–Crippen LogP) is 4.77. The molecule has 0 unspecified atom stereocenters. The van der Waals surface area contributed by atoms with Crippen molar-refractivity contribution < 1.29 is 9.53 Å². The van der Waals surface area contributed by atoms with Gasteiger partial charge in [-0.2, -0.15) is 0 Å². The number of aromatic nitrogens is 1. The van der Waals surface area contributed by atoms with Gasteiger partial charge in [-0.15, -0.1) is 0 Å². The molecule has 5 heteroatoms. The van der Waals surface area contributed by atoms with Crippen LogP contribution in [0.4, 0.5) is 5.69 Å². The molecule has 0 fully saturated rings. The van der Waals surface area contributed by atoms with Crippen LogP contribution in [0.5, 0.6) is 5.75 Å². The van der Waals surface area contributed by atoms with Crippen LogP contribution in [-0.4, -0.2) is 17.6 Å². The maximum atomic E-state index is 12.6. The first-order valence-electron chi connectivity index (χ1n) is 7.97. The number of amides is 1. The summed E-state index contributed by atoms with van der Waals surface area (Å²) >= 11 is 5.98. The van der Waals surface area contributed by atoms with Crippen LogP contribution >= 0.6 is 11.6 Å². The minimum atomic E-state index is -0.121. The fourth-order valence-electron chi connectivity index (χ4n) is 2.75. The number of carbonyl (C=O) groups excluding carboxylic acids is 1. The van der Waals surface area contributed by atoms with E-state index in [0.29, 0.717) is 17.1 Å². The Labute approximate surface area is 152 Å². The molecule has 0 aliphatic rings. The number of methoxy groups -OCH3 is 1. The summed E-state index contributed by atoms with van der Waals surface area (Å²) in [6.45, 7) is 0. The van der Waals surface area contributed by atoms with Crippen molar-refractivity contribution in [1.82, 2.24) is 4.57 Å². The van der Waals surface area contributed by atoms with Crippen LogP contribution in [0, 0.1) is 0 Å².